The Bertz CT molecular complexity index is 607. The number of hydrogen-bond donors (Lipinski definition) is 2. The summed E-state index contributed by atoms with van der Waals surface area (Å²) in [6.07, 6.45) is 0. The van der Waals surface area contributed by atoms with Gasteiger partial charge in [0, 0.05) is 15.8 Å². The number of halogens is 1. The topological polar surface area (TPSA) is 55.1 Å². The van der Waals surface area contributed by atoms with E-state index in [1.807, 2.05) is 31.4 Å². The van der Waals surface area contributed by atoms with Gasteiger partial charge < -0.3 is 11.1 Å². The number of nitrogens with one attached hydrogen (secondary N) is 1. The predicted octanol–water partition coefficient (Wildman–Crippen LogP) is 3.96. The van der Waals surface area contributed by atoms with Crippen molar-refractivity contribution in [1.29, 1.82) is 0 Å². The molecule has 0 saturated carbocycles. The molecule has 1 aromatic heterocycles. The Morgan fingerprint density at radius 3 is 2.67 bits per heavy atom. The van der Waals surface area contributed by atoms with E-state index >= 15 is 0 Å². The summed E-state index contributed by atoms with van der Waals surface area (Å²) < 4.78 is 0.808. The Hall–Kier alpha value is -1.33. The second kappa shape index (κ2) is 5.12. The summed E-state index contributed by atoms with van der Waals surface area (Å²) in [6, 6.07) is 5.62. The van der Waals surface area contributed by atoms with E-state index in [9.17, 15) is 4.79 Å². The SMILES string of the molecule is Cc1cc(C)c(NC(=O)c2sccc2Br)cc1N. The lowest BCUT2D eigenvalue weighted by Gasteiger charge is -2.10. The van der Waals surface area contributed by atoms with Crippen molar-refractivity contribution in [3.05, 3.63) is 44.1 Å². The summed E-state index contributed by atoms with van der Waals surface area (Å²) in [6.45, 7) is 3.90. The molecule has 0 saturated heterocycles. The van der Waals surface area contributed by atoms with Crippen molar-refractivity contribution in [2.75, 3.05) is 11.1 Å². The zero-order valence-corrected chi connectivity index (χ0v) is 12.5. The van der Waals surface area contributed by atoms with E-state index in [1.165, 1.54) is 11.3 Å². The van der Waals surface area contributed by atoms with Crippen molar-refractivity contribution < 1.29 is 4.79 Å². The number of nitrogen functional groups attached to an aromatic ring is 1. The van der Waals surface area contributed by atoms with E-state index in [-0.39, 0.29) is 5.91 Å². The monoisotopic (exact) mass is 324 g/mol. The number of thiophene rings is 1. The number of nitrogens with two attached hydrogens (primary N) is 1. The van der Waals surface area contributed by atoms with E-state index in [0.29, 0.717) is 10.6 Å². The van der Waals surface area contributed by atoms with Crippen molar-refractivity contribution >= 4 is 44.5 Å². The molecule has 2 aromatic rings. The molecule has 18 heavy (non-hydrogen) atoms. The molecule has 0 fully saturated rings. The number of carbonyl (C=O) groups is 1. The number of aryl methyl sites for hydroxylation is 2. The van der Waals surface area contributed by atoms with Gasteiger partial charge >= 0.3 is 0 Å². The van der Waals surface area contributed by atoms with Gasteiger partial charge in [-0.1, -0.05) is 6.07 Å². The van der Waals surface area contributed by atoms with E-state index in [1.54, 1.807) is 6.07 Å². The van der Waals surface area contributed by atoms with Crippen LogP contribution < -0.4 is 11.1 Å². The molecule has 3 N–H and O–H groups in total. The van der Waals surface area contributed by atoms with Crippen LogP contribution in [-0.2, 0) is 0 Å². The van der Waals surface area contributed by atoms with Crippen molar-refractivity contribution in [2.45, 2.75) is 13.8 Å². The standard InChI is InChI=1S/C13H13BrN2OS/c1-7-5-8(2)11(6-10(7)15)16-13(17)12-9(14)3-4-18-12/h3-6H,15H2,1-2H3,(H,16,17). The first-order chi connectivity index (χ1) is 8.49. The first kappa shape index (κ1) is 13.1. The first-order valence-electron chi connectivity index (χ1n) is 5.40. The van der Waals surface area contributed by atoms with E-state index < -0.39 is 0 Å². The van der Waals surface area contributed by atoms with Crippen LogP contribution >= 0.6 is 27.3 Å². The van der Waals surface area contributed by atoms with Crippen LogP contribution in [0.2, 0.25) is 0 Å². The van der Waals surface area contributed by atoms with Crippen LogP contribution in [-0.4, -0.2) is 5.91 Å². The molecule has 1 aromatic carbocycles. The number of hydrogen-bond acceptors (Lipinski definition) is 3. The molecular weight excluding hydrogens is 312 g/mol. The lowest BCUT2D eigenvalue weighted by atomic mass is 10.1. The maximum Gasteiger partial charge on any atom is 0.266 e. The maximum absolute atomic E-state index is 12.1. The Labute approximate surface area is 118 Å². The zero-order valence-electron chi connectivity index (χ0n) is 10.1. The highest BCUT2D eigenvalue weighted by Crippen LogP contribution is 2.26. The molecule has 0 aliphatic heterocycles. The summed E-state index contributed by atoms with van der Waals surface area (Å²) in [5.41, 5.74) is 9.31. The molecule has 0 spiro atoms. The smallest absolute Gasteiger partial charge is 0.266 e. The highest BCUT2D eigenvalue weighted by Gasteiger charge is 2.13. The second-order valence-corrected chi connectivity index (χ2v) is 5.85. The molecule has 5 heteroatoms. The summed E-state index contributed by atoms with van der Waals surface area (Å²) in [7, 11) is 0. The molecule has 0 aliphatic rings. The van der Waals surface area contributed by atoms with Gasteiger partial charge in [-0.2, -0.15) is 0 Å². The fraction of sp³-hybridized carbons (Fsp3) is 0.154. The lowest BCUT2D eigenvalue weighted by Crippen LogP contribution is -2.12. The zero-order chi connectivity index (χ0) is 13.3. The number of carbonyl (C=O) groups excluding carboxylic acids is 1. The van der Waals surface area contributed by atoms with Gasteiger partial charge in [-0.05, 0) is 58.4 Å². The molecule has 2 rings (SSSR count). The fourth-order valence-electron chi connectivity index (χ4n) is 1.64. The summed E-state index contributed by atoms with van der Waals surface area (Å²) in [5, 5.41) is 4.75. The average molecular weight is 325 g/mol. The normalized spacial score (nSPS) is 10.4. The van der Waals surface area contributed by atoms with Gasteiger partial charge in [-0.25, -0.2) is 0 Å². The van der Waals surface area contributed by atoms with Crippen LogP contribution in [0.15, 0.2) is 28.1 Å². The van der Waals surface area contributed by atoms with Crippen molar-refractivity contribution in [2.24, 2.45) is 0 Å². The molecule has 0 aliphatic carbocycles. The molecule has 0 bridgehead atoms. The Balaban J connectivity index is 2.28. The molecule has 0 unspecified atom stereocenters. The molecule has 1 amide bonds. The molecule has 0 atom stereocenters. The lowest BCUT2D eigenvalue weighted by molar-refractivity contribution is 0.103. The van der Waals surface area contributed by atoms with Gasteiger partial charge in [0.15, 0.2) is 0 Å². The minimum Gasteiger partial charge on any atom is -0.398 e. The van der Waals surface area contributed by atoms with Gasteiger partial charge in [-0.3, -0.25) is 4.79 Å². The molecule has 94 valence electrons. The van der Waals surface area contributed by atoms with Gasteiger partial charge in [0.2, 0.25) is 0 Å². The van der Waals surface area contributed by atoms with Crippen LogP contribution in [0.1, 0.15) is 20.8 Å². The number of anilines is 2. The van der Waals surface area contributed by atoms with Crippen LogP contribution in [0.25, 0.3) is 0 Å². The van der Waals surface area contributed by atoms with Gasteiger partial charge in [0.1, 0.15) is 4.88 Å². The summed E-state index contributed by atoms with van der Waals surface area (Å²) in [5.74, 6) is -0.122. The number of rotatable bonds is 2. The van der Waals surface area contributed by atoms with Crippen LogP contribution in [0, 0.1) is 13.8 Å². The molecular formula is C13H13BrN2OS. The Kier molecular flexibility index (Phi) is 3.73. The maximum atomic E-state index is 12.1. The van der Waals surface area contributed by atoms with Crippen LogP contribution in [0.3, 0.4) is 0 Å². The minimum atomic E-state index is -0.122. The third-order valence-electron chi connectivity index (χ3n) is 2.68. The van der Waals surface area contributed by atoms with Gasteiger partial charge in [0.25, 0.3) is 5.91 Å². The highest BCUT2D eigenvalue weighted by molar-refractivity contribution is 9.10. The highest BCUT2D eigenvalue weighted by atomic mass is 79.9. The third kappa shape index (κ3) is 2.57. The predicted molar refractivity (Wildman–Crippen MR) is 80.3 cm³/mol. The van der Waals surface area contributed by atoms with Crippen molar-refractivity contribution in [3.63, 3.8) is 0 Å². The van der Waals surface area contributed by atoms with E-state index in [2.05, 4.69) is 21.2 Å². The molecule has 3 nitrogen and oxygen atoms in total. The first-order valence-corrected chi connectivity index (χ1v) is 7.07. The fourth-order valence-corrected chi connectivity index (χ4v) is 3.08. The summed E-state index contributed by atoms with van der Waals surface area (Å²) >= 11 is 4.75. The Morgan fingerprint density at radius 2 is 2.06 bits per heavy atom. The molecule has 1 heterocycles. The van der Waals surface area contributed by atoms with Crippen LogP contribution in [0.5, 0.6) is 0 Å². The van der Waals surface area contributed by atoms with Crippen molar-refractivity contribution in [1.82, 2.24) is 0 Å². The third-order valence-corrected chi connectivity index (χ3v) is 4.52. The van der Waals surface area contributed by atoms with Gasteiger partial charge in [-0.15, -0.1) is 11.3 Å². The second-order valence-electron chi connectivity index (χ2n) is 4.08. The Morgan fingerprint density at radius 1 is 1.33 bits per heavy atom. The number of amides is 1. The largest absolute Gasteiger partial charge is 0.398 e. The summed E-state index contributed by atoms with van der Waals surface area (Å²) in [4.78, 5) is 12.7. The van der Waals surface area contributed by atoms with Crippen LogP contribution in [0.4, 0.5) is 11.4 Å². The molecule has 0 radical (unpaired) electrons. The average Bonchev–Trinajstić information content (AvgIpc) is 2.72. The van der Waals surface area contributed by atoms with E-state index in [0.717, 1.165) is 21.3 Å². The van der Waals surface area contributed by atoms with E-state index in [4.69, 9.17) is 5.73 Å². The minimum absolute atomic E-state index is 0.122. The van der Waals surface area contributed by atoms with Crippen molar-refractivity contribution in [3.8, 4) is 0 Å². The number of benzene rings is 1. The van der Waals surface area contributed by atoms with Gasteiger partial charge in [0.05, 0.1) is 0 Å². The quantitative estimate of drug-likeness (QED) is 0.821.